The third-order valence-corrected chi connectivity index (χ3v) is 3.47. The van der Waals surface area contributed by atoms with Crippen molar-refractivity contribution in [2.24, 2.45) is 5.73 Å². The number of hydrogen-bond donors (Lipinski definition) is 2. The highest BCUT2D eigenvalue weighted by atomic mass is 35.5. The number of pyridine rings is 1. The van der Waals surface area contributed by atoms with E-state index in [1.807, 2.05) is 18.3 Å². The highest BCUT2D eigenvalue weighted by molar-refractivity contribution is 5.85. The van der Waals surface area contributed by atoms with Gasteiger partial charge in [0.05, 0.1) is 12.7 Å². The number of nitrogens with one attached hydrogen (secondary N) is 1. The zero-order valence-electron chi connectivity index (χ0n) is 13.4. The zero-order valence-corrected chi connectivity index (χ0v) is 15.0. The van der Waals surface area contributed by atoms with E-state index >= 15 is 0 Å². The first kappa shape index (κ1) is 21.9. The van der Waals surface area contributed by atoms with Crippen LogP contribution in [0.4, 0.5) is 5.82 Å². The summed E-state index contributed by atoms with van der Waals surface area (Å²) in [7, 11) is 0. The fourth-order valence-electron chi connectivity index (χ4n) is 2.29. The van der Waals surface area contributed by atoms with Crippen molar-refractivity contribution in [2.45, 2.75) is 32.4 Å². The number of hydrogen-bond acceptors (Lipinski definition) is 5. The zero-order chi connectivity index (χ0) is 15.1. The predicted molar refractivity (Wildman–Crippen MR) is 96.5 cm³/mol. The first-order valence-electron chi connectivity index (χ1n) is 7.47. The van der Waals surface area contributed by atoms with Crippen molar-refractivity contribution in [3.8, 4) is 0 Å². The molecule has 0 saturated carbocycles. The fraction of sp³-hybridized carbons (Fsp3) is 0.600. The number of carbonyl (C=O) groups is 1. The molecule has 0 aromatic carbocycles. The topological polar surface area (TPSA) is 80.5 Å². The molecule has 1 atom stereocenters. The monoisotopic (exact) mass is 364 g/mol. The first-order valence-corrected chi connectivity index (χ1v) is 7.47. The molecule has 0 spiro atoms. The Kier molecular flexibility index (Phi) is 10.9. The molecule has 1 saturated heterocycles. The smallest absolute Gasteiger partial charge is 0.220 e. The van der Waals surface area contributed by atoms with E-state index in [0.717, 1.165) is 37.5 Å². The van der Waals surface area contributed by atoms with E-state index in [0.29, 0.717) is 19.5 Å². The van der Waals surface area contributed by atoms with Gasteiger partial charge in [-0.3, -0.25) is 4.79 Å². The minimum Gasteiger partial charge on any atom is -0.375 e. The molecule has 1 aliphatic rings. The van der Waals surface area contributed by atoms with Gasteiger partial charge in [0.2, 0.25) is 5.91 Å². The van der Waals surface area contributed by atoms with Gasteiger partial charge in [-0.2, -0.15) is 0 Å². The van der Waals surface area contributed by atoms with Crippen molar-refractivity contribution in [1.29, 1.82) is 0 Å². The van der Waals surface area contributed by atoms with E-state index in [9.17, 15) is 4.79 Å². The molecular weight excluding hydrogens is 339 g/mol. The second-order valence-corrected chi connectivity index (χ2v) is 5.32. The van der Waals surface area contributed by atoms with Crippen LogP contribution in [0.1, 0.15) is 25.3 Å². The Hall–Kier alpha value is -1.08. The Morgan fingerprint density at radius 2 is 2.26 bits per heavy atom. The van der Waals surface area contributed by atoms with E-state index in [1.165, 1.54) is 0 Å². The number of rotatable bonds is 6. The number of nitrogens with two attached hydrogens (primary N) is 1. The third-order valence-electron chi connectivity index (χ3n) is 3.47. The summed E-state index contributed by atoms with van der Waals surface area (Å²) in [6, 6.07) is 4.01. The van der Waals surface area contributed by atoms with E-state index in [-0.39, 0.29) is 36.8 Å². The Labute approximate surface area is 150 Å². The quantitative estimate of drug-likeness (QED) is 0.799. The van der Waals surface area contributed by atoms with Crippen LogP contribution in [0, 0.1) is 0 Å². The third kappa shape index (κ3) is 7.35. The van der Waals surface area contributed by atoms with E-state index in [2.05, 4.69) is 22.1 Å². The summed E-state index contributed by atoms with van der Waals surface area (Å²) in [6.07, 6.45) is 3.26. The van der Waals surface area contributed by atoms with Crippen molar-refractivity contribution in [3.63, 3.8) is 0 Å². The summed E-state index contributed by atoms with van der Waals surface area (Å²) >= 11 is 0. The molecule has 1 amide bonds. The Morgan fingerprint density at radius 1 is 1.48 bits per heavy atom. The van der Waals surface area contributed by atoms with Crippen LogP contribution in [0.5, 0.6) is 0 Å². The molecule has 1 aromatic heterocycles. The second-order valence-electron chi connectivity index (χ2n) is 5.32. The van der Waals surface area contributed by atoms with Crippen molar-refractivity contribution in [1.82, 2.24) is 10.3 Å². The normalized spacial score (nSPS) is 17.0. The lowest BCUT2D eigenvalue weighted by Gasteiger charge is -2.32. The van der Waals surface area contributed by atoms with Gasteiger partial charge in [-0.1, -0.05) is 6.07 Å². The number of ether oxygens (including phenoxy) is 1. The van der Waals surface area contributed by atoms with E-state index in [4.69, 9.17) is 10.5 Å². The highest BCUT2D eigenvalue weighted by Gasteiger charge is 2.17. The predicted octanol–water partition coefficient (Wildman–Crippen LogP) is 1.51. The van der Waals surface area contributed by atoms with Crippen LogP contribution in [0.15, 0.2) is 18.3 Å². The molecule has 1 aromatic rings. The summed E-state index contributed by atoms with van der Waals surface area (Å²) in [5.74, 6) is 0.995. The van der Waals surface area contributed by atoms with Gasteiger partial charge in [0, 0.05) is 32.3 Å². The number of morpholine rings is 1. The maximum atomic E-state index is 11.5. The van der Waals surface area contributed by atoms with Gasteiger partial charge in [-0.15, -0.1) is 24.8 Å². The first-order chi connectivity index (χ1) is 10.2. The van der Waals surface area contributed by atoms with Crippen molar-refractivity contribution in [2.75, 3.05) is 31.1 Å². The molecule has 8 heteroatoms. The van der Waals surface area contributed by atoms with Crippen LogP contribution in [0.2, 0.25) is 0 Å². The lowest BCUT2D eigenvalue weighted by molar-refractivity contribution is -0.121. The number of amides is 1. The molecule has 2 heterocycles. The maximum Gasteiger partial charge on any atom is 0.220 e. The van der Waals surface area contributed by atoms with E-state index in [1.54, 1.807) is 0 Å². The standard InChI is InChI=1S/C15H24N4O2.2ClH/c1-12-11-19(7-8-21-12)14-5-4-13(9-17-14)10-18-15(20)3-2-6-16;;/h4-5,9,12H,2-3,6-8,10-11,16H2,1H3,(H,18,20);2*1H. The number of aromatic nitrogens is 1. The SMILES string of the molecule is CC1CN(c2ccc(CNC(=O)CCCN)cn2)CCO1.Cl.Cl. The Bertz CT molecular complexity index is 459. The van der Waals surface area contributed by atoms with Crippen molar-refractivity contribution < 1.29 is 9.53 Å². The molecule has 1 fully saturated rings. The maximum absolute atomic E-state index is 11.5. The number of nitrogens with zero attached hydrogens (tertiary/aromatic N) is 2. The van der Waals surface area contributed by atoms with Crippen LogP contribution in [0.3, 0.4) is 0 Å². The number of carbonyl (C=O) groups excluding carboxylic acids is 1. The molecular formula is C15H26Cl2N4O2. The van der Waals surface area contributed by atoms with E-state index < -0.39 is 0 Å². The lowest BCUT2D eigenvalue weighted by atomic mass is 10.2. The van der Waals surface area contributed by atoms with Gasteiger partial charge in [-0.25, -0.2) is 4.98 Å². The second kappa shape index (κ2) is 11.5. The molecule has 1 aliphatic heterocycles. The molecule has 1 unspecified atom stereocenters. The molecule has 3 N–H and O–H groups in total. The fourth-order valence-corrected chi connectivity index (χ4v) is 2.29. The van der Waals surface area contributed by atoms with Gasteiger partial charge in [0.25, 0.3) is 0 Å². The lowest BCUT2D eigenvalue weighted by Crippen LogP contribution is -2.41. The average molecular weight is 365 g/mol. The molecule has 0 bridgehead atoms. The Morgan fingerprint density at radius 3 is 2.87 bits per heavy atom. The summed E-state index contributed by atoms with van der Waals surface area (Å²) in [6.45, 7) is 5.59. The summed E-state index contributed by atoms with van der Waals surface area (Å²) in [4.78, 5) is 18.2. The summed E-state index contributed by atoms with van der Waals surface area (Å²) in [5, 5.41) is 2.87. The van der Waals surface area contributed by atoms with Crippen LogP contribution in [-0.4, -0.2) is 43.2 Å². The number of anilines is 1. The molecule has 0 radical (unpaired) electrons. The average Bonchev–Trinajstić information content (AvgIpc) is 2.51. The molecule has 23 heavy (non-hydrogen) atoms. The van der Waals surface area contributed by atoms with Gasteiger partial charge >= 0.3 is 0 Å². The van der Waals surface area contributed by atoms with Gasteiger partial charge in [0.15, 0.2) is 0 Å². The summed E-state index contributed by atoms with van der Waals surface area (Å²) < 4.78 is 5.52. The molecule has 132 valence electrons. The Balaban J connectivity index is 0.00000242. The van der Waals surface area contributed by atoms with Crippen LogP contribution in [0.25, 0.3) is 0 Å². The number of halogens is 2. The van der Waals surface area contributed by atoms with Gasteiger partial charge < -0.3 is 20.7 Å². The van der Waals surface area contributed by atoms with Crippen LogP contribution < -0.4 is 16.0 Å². The minimum absolute atomic E-state index is 0. The molecule has 2 rings (SSSR count). The van der Waals surface area contributed by atoms with Crippen LogP contribution in [-0.2, 0) is 16.1 Å². The highest BCUT2D eigenvalue weighted by Crippen LogP contribution is 2.15. The van der Waals surface area contributed by atoms with Crippen molar-refractivity contribution >= 4 is 36.5 Å². The van der Waals surface area contributed by atoms with Gasteiger partial charge in [0.1, 0.15) is 5.82 Å². The molecule has 6 nitrogen and oxygen atoms in total. The van der Waals surface area contributed by atoms with Crippen molar-refractivity contribution in [3.05, 3.63) is 23.9 Å². The molecule has 0 aliphatic carbocycles. The summed E-state index contributed by atoms with van der Waals surface area (Å²) in [5.41, 5.74) is 6.38. The van der Waals surface area contributed by atoms with Gasteiger partial charge in [-0.05, 0) is 31.5 Å². The minimum atomic E-state index is 0. The largest absolute Gasteiger partial charge is 0.375 e. The van der Waals surface area contributed by atoms with Crippen LogP contribution >= 0.6 is 24.8 Å².